The van der Waals surface area contributed by atoms with E-state index in [1.807, 2.05) is 29.2 Å². The molecule has 2 heterocycles. The van der Waals surface area contributed by atoms with E-state index >= 15 is 0 Å². The predicted octanol–water partition coefficient (Wildman–Crippen LogP) is 4.00. The van der Waals surface area contributed by atoms with Crippen molar-refractivity contribution in [2.75, 3.05) is 26.7 Å². The van der Waals surface area contributed by atoms with Gasteiger partial charge in [-0.1, -0.05) is 36.4 Å². The molecule has 1 saturated heterocycles. The van der Waals surface area contributed by atoms with Crippen LogP contribution in [0.2, 0.25) is 0 Å². The van der Waals surface area contributed by atoms with Crippen LogP contribution in [-0.2, 0) is 11.3 Å². The normalized spacial score (nSPS) is 19.5. The maximum atomic E-state index is 14.4. The third kappa shape index (κ3) is 3.32. The summed E-state index contributed by atoms with van der Waals surface area (Å²) in [5.74, 6) is 0.0447. The Bertz CT molecular complexity index is 989. The number of nitrogens with zero attached hydrogens (tertiary/aromatic N) is 1. The highest BCUT2D eigenvalue weighted by molar-refractivity contribution is 7.21. The lowest BCUT2D eigenvalue weighted by molar-refractivity contribution is 0.0787. The molecule has 0 aliphatic carbocycles. The Hall–Kier alpha value is -2.28. The molecule has 1 aliphatic heterocycles. The van der Waals surface area contributed by atoms with Crippen LogP contribution in [0.15, 0.2) is 48.5 Å². The molecule has 2 aromatic carbocycles. The SMILES string of the molecule is COCc1c(C(=O)N2C[C@@H](CN)[C@H](c3ccccc3)C2)sc2cccc(F)c12. The number of halogens is 1. The average molecular weight is 399 g/mol. The molecule has 1 aliphatic rings. The van der Waals surface area contributed by atoms with Crippen molar-refractivity contribution in [1.29, 1.82) is 0 Å². The summed E-state index contributed by atoms with van der Waals surface area (Å²) in [7, 11) is 1.56. The molecule has 3 aromatic rings. The van der Waals surface area contributed by atoms with Crippen LogP contribution >= 0.6 is 11.3 Å². The molecule has 6 heteroatoms. The largest absolute Gasteiger partial charge is 0.380 e. The lowest BCUT2D eigenvalue weighted by Crippen LogP contribution is -2.30. The molecule has 1 amide bonds. The zero-order valence-electron chi connectivity index (χ0n) is 15.7. The first-order valence-corrected chi connectivity index (χ1v) is 10.2. The number of ether oxygens (including phenoxy) is 1. The lowest BCUT2D eigenvalue weighted by atomic mass is 9.89. The Morgan fingerprint density at radius 1 is 1.21 bits per heavy atom. The molecule has 4 rings (SSSR count). The van der Waals surface area contributed by atoms with Gasteiger partial charge in [0.15, 0.2) is 0 Å². The Morgan fingerprint density at radius 3 is 2.71 bits per heavy atom. The van der Waals surface area contributed by atoms with Crippen LogP contribution in [0.3, 0.4) is 0 Å². The van der Waals surface area contributed by atoms with Crippen LogP contribution in [0.5, 0.6) is 0 Å². The van der Waals surface area contributed by atoms with Gasteiger partial charge in [0, 0.05) is 41.8 Å². The number of hydrogen-bond acceptors (Lipinski definition) is 4. The summed E-state index contributed by atoms with van der Waals surface area (Å²) in [5.41, 5.74) is 7.86. The zero-order valence-corrected chi connectivity index (χ0v) is 16.5. The molecule has 0 spiro atoms. The number of hydrogen-bond donors (Lipinski definition) is 1. The van der Waals surface area contributed by atoms with E-state index in [1.54, 1.807) is 13.2 Å². The van der Waals surface area contributed by atoms with Crippen molar-refractivity contribution in [2.24, 2.45) is 11.7 Å². The number of benzene rings is 2. The second-order valence-electron chi connectivity index (χ2n) is 7.18. The first-order chi connectivity index (χ1) is 13.6. The summed E-state index contributed by atoms with van der Waals surface area (Å²) in [5, 5.41) is 0.492. The Balaban J connectivity index is 1.68. The third-order valence-corrected chi connectivity index (χ3v) is 6.69. The molecule has 4 nitrogen and oxygen atoms in total. The highest BCUT2D eigenvalue weighted by atomic mass is 32.1. The van der Waals surface area contributed by atoms with Crippen LogP contribution < -0.4 is 5.73 Å². The topological polar surface area (TPSA) is 55.6 Å². The molecule has 1 fully saturated rings. The van der Waals surface area contributed by atoms with E-state index in [4.69, 9.17) is 10.5 Å². The van der Waals surface area contributed by atoms with Crippen molar-refractivity contribution in [3.8, 4) is 0 Å². The smallest absolute Gasteiger partial charge is 0.264 e. The first-order valence-electron chi connectivity index (χ1n) is 9.37. The highest BCUT2D eigenvalue weighted by Gasteiger charge is 2.37. The van der Waals surface area contributed by atoms with E-state index in [0.29, 0.717) is 35.5 Å². The molecule has 2 atom stereocenters. The monoisotopic (exact) mass is 398 g/mol. The van der Waals surface area contributed by atoms with E-state index in [-0.39, 0.29) is 30.2 Å². The molecular weight excluding hydrogens is 375 g/mol. The van der Waals surface area contributed by atoms with Gasteiger partial charge in [0.1, 0.15) is 5.82 Å². The third-order valence-electron chi connectivity index (χ3n) is 5.50. The number of methoxy groups -OCH3 is 1. The molecule has 146 valence electrons. The minimum atomic E-state index is -0.316. The molecular formula is C22H23FN2O2S. The number of rotatable bonds is 5. The minimum absolute atomic E-state index is 0.0652. The van der Waals surface area contributed by atoms with E-state index in [2.05, 4.69) is 12.1 Å². The van der Waals surface area contributed by atoms with Crippen LogP contribution in [0.25, 0.3) is 10.1 Å². The minimum Gasteiger partial charge on any atom is -0.380 e. The quantitative estimate of drug-likeness (QED) is 0.707. The average Bonchev–Trinajstić information content (AvgIpc) is 3.31. The van der Waals surface area contributed by atoms with Gasteiger partial charge >= 0.3 is 0 Å². The van der Waals surface area contributed by atoms with Crippen molar-refractivity contribution < 1.29 is 13.9 Å². The molecule has 1 aromatic heterocycles. The van der Waals surface area contributed by atoms with Gasteiger partial charge in [-0.15, -0.1) is 11.3 Å². The van der Waals surface area contributed by atoms with Crippen LogP contribution in [0.4, 0.5) is 4.39 Å². The maximum Gasteiger partial charge on any atom is 0.264 e. The van der Waals surface area contributed by atoms with Crippen LogP contribution in [0.1, 0.15) is 26.7 Å². The molecule has 28 heavy (non-hydrogen) atoms. The summed E-state index contributed by atoms with van der Waals surface area (Å²) in [4.78, 5) is 15.8. The van der Waals surface area contributed by atoms with E-state index < -0.39 is 0 Å². The highest BCUT2D eigenvalue weighted by Crippen LogP contribution is 2.37. The lowest BCUT2D eigenvalue weighted by Gasteiger charge is -2.17. The molecule has 0 bridgehead atoms. The van der Waals surface area contributed by atoms with Gasteiger partial charge in [-0.3, -0.25) is 4.79 Å². The van der Waals surface area contributed by atoms with Gasteiger partial charge < -0.3 is 15.4 Å². The Labute approximate surface area is 167 Å². The number of fused-ring (bicyclic) bond motifs is 1. The van der Waals surface area contributed by atoms with Crippen molar-refractivity contribution in [1.82, 2.24) is 4.90 Å². The standard InChI is InChI=1S/C22H23FN2O2S/c1-27-13-17-20-18(23)8-5-9-19(20)28-21(17)22(26)25-11-15(10-24)16(12-25)14-6-3-2-4-7-14/h2-9,15-16H,10-13,24H2,1H3/t15-,16+/m1/s1. The summed E-state index contributed by atoms with van der Waals surface area (Å²) in [6.07, 6.45) is 0. The van der Waals surface area contributed by atoms with Gasteiger partial charge in [-0.2, -0.15) is 0 Å². The van der Waals surface area contributed by atoms with Crippen LogP contribution in [0, 0.1) is 11.7 Å². The van der Waals surface area contributed by atoms with E-state index in [0.717, 1.165) is 4.70 Å². The summed E-state index contributed by atoms with van der Waals surface area (Å²) in [6.45, 7) is 1.96. The second kappa shape index (κ2) is 7.99. The fraction of sp³-hybridized carbons (Fsp3) is 0.318. The number of thiophene rings is 1. The molecule has 0 saturated carbocycles. The number of likely N-dealkylation sites (tertiary alicyclic amines) is 1. The van der Waals surface area contributed by atoms with Gasteiger partial charge in [0.2, 0.25) is 0 Å². The van der Waals surface area contributed by atoms with Gasteiger partial charge in [-0.05, 0) is 30.2 Å². The molecule has 0 unspecified atom stereocenters. The summed E-state index contributed by atoms with van der Waals surface area (Å²) in [6, 6.07) is 15.1. The van der Waals surface area contributed by atoms with E-state index in [9.17, 15) is 9.18 Å². The van der Waals surface area contributed by atoms with Crippen molar-refractivity contribution in [3.05, 3.63) is 70.4 Å². The Kier molecular flexibility index (Phi) is 5.44. The number of carbonyl (C=O) groups excluding carboxylic acids is 1. The maximum absolute atomic E-state index is 14.4. The van der Waals surface area contributed by atoms with Gasteiger partial charge in [0.25, 0.3) is 5.91 Å². The van der Waals surface area contributed by atoms with Crippen LogP contribution in [-0.4, -0.2) is 37.6 Å². The van der Waals surface area contributed by atoms with Crippen molar-refractivity contribution >= 4 is 27.3 Å². The zero-order chi connectivity index (χ0) is 19.7. The fourth-order valence-corrected chi connectivity index (χ4v) is 5.31. The predicted molar refractivity (Wildman–Crippen MR) is 110 cm³/mol. The number of amides is 1. The second-order valence-corrected chi connectivity index (χ2v) is 8.23. The molecule has 2 N–H and O–H groups in total. The number of carbonyl (C=O) groups is 1. The summed E-state index contributed by atoms with van der Waals surface area (Å²) >= 11 is 1.34. The van der Waals surface area contributed by atoms with Crippen molar-refractivity contribution in [2.45, 2.75) is 12.5 Å². The Morgan fingerprint density at radius 2 is 2.00 bits per heavy atom. The molecule has 0 radical (unpaired) electrons. The van der Waals surface area contributed by atoms with E-state index in [1.165, 1.54) is 23.0 Å². The first kappa shape index (κ1) is 19.1. The summed E-state index contributed by atoms with van der Waals surface area (Å²) < 4.78 is 20.5. The number of nitrogens with two attached hydrogens (primary N) is 1. The fourth-order valence-electron chi connectivity index (χ4n) is 4.12. The van der Waals surface area contributed by atoms with Gasteiger partial charge in [0.05, 0.1) is 11.5 Å². The van der Waals surface area contributed by atoms with Gasteiger partial charge in [-0.25, -0.2) is 4.39 Å². The van der Waals surface area contributed by atoms with Crippen molar-refractivity contribution in [3.63, 3.8) is 0 Å².